The second-order valence-corrected chi connectivity index (χ2v) is 4.44. The van der Waals surface area contributed by atoms with Gasteiger partial charge in [0.15, 0.2) is 11.5 Å². The molecular weight excluding hydrogens is 254 g/mol. The first-order valence-electron chi connectivity index (χ1n) is 6.41. The summed E-state index contributed by atoms with van der Waals surface area (Å²) in [4.78, 5) is 0. The van der Waals surface area contributed by atoms with Gasteiger partial charge in [-0.05, 0) is 23.3 Å². The minimum absolute atomic E-state index is 0.127. The van der Waals surface area contributed by atoms with E-state index in [1.807, 2.05) is 24.3 Å². The Morgan fingerprint density at radius 3 is 2.45 bits per heavy atom. The van der Waals surface area contributed by atoms with Crippen molar-refractivity contribution in [2.75, 3.05) is 19.5 Å². The molecule has 0 aliphatic rings. The van der Waals surface area contributed by atoms with E-state index in [0.29, 0.717) is 18.9 Å². The molecule has 2 aromatic rings. The van der Waals surface area contributed by atoms with Gasteiger partial charge in [-0.15, -0.1) is 0 Å². The number of rotatable bonds is 6. The van der Waals surface area contributed by atoms with Crippen molar-refractivity contribution in [3.63, 3.8) is 0 Å². The summed E-state index contributed by atoms with van der Waals surface area (Å²) in [5, 5.41) is 13.0. The highest BCUT2D eigenvalue weighted by molar-refractivity contribution is 5.54. The van der Waals surface area contributed by atoms with Crippen LogP contribution in [-0.4, -0.2) is 19.3 Å². The van der Waals surface area contributed by atoms with Gasteiger partial charge in [0.2, 0.25) is 0 Å². The van der Waals surface area contributed by atoms with Crippen molar-refractivity contribution in [1.82, 2.24) is 0 Å². The number of phenols is 1. The third-order valence-corrected chi connectivity index (χ3v) is 3.08. The van der Waals surface area contributed by atoms with Crippen LogP contribution in [0.3, 0.4) is 0 Å². The summed E-state index contributed by atoms with van der Waals surface area (Å²) in [5.74, 6) is 0.595. The number of ether oxygens (including phenoxy) is 2. The number of methoxy groups -OCH3 is 2. The Balaban J connectivity index is 2.07. The van der Waals surface area contributed by atoms with Gasteiger partial charge in [-0.25, -0.2) is 0 Å². The molecule has 106 valence electrons. The summed E-state index contributed by atoms with van der Waals surface area (Å²) in [6.07, 6.45) is 0. The molecular formula is C16H19NO3. The van der Waals surface area contributed by atoms with Crippen LogP contribution in [0.1, 0.15) is 11.1 Å². The molecule has 0 heterocycles. The number of nitrogens with one attached hydrogen (secondary N) is 1. The van der Waals surface area contributed by atoms with E-state index in [2.05, 4.69) is 11.4 Å². The Morgan fingerprint density at radius 2 is 1.80 bits per heavy atom. The third kappa shape index (κ3) is 3.42. The molecule has 20 heavy (non-hydrogen) atoms. The molecule has 2 rings (SSSR count). The Bertz CT molecular complexity index is 569. The zero-order valence-electron chi connectivity index (χ0n) is 11.7. The van der Waals surface area contributed by atoms with Crippen LogP contribution in [0.25, 0.3) is 0 Å². The predicted octanol–water partition coefficient (Wildman–Crippen LogP) is 3.16. The summed E-state index contributed by atoms with van der Waals surface area (Å²) in [6, 6.07) is 13.4. The molecule has 0 bridgehead atoms. The highest BCUT2D eigenvalue weighted by Gasteiger charge is 2.04. The van der Waals surface area contributed by atoms with E-state index in [0.717, 1.165) is 11.3 Å². The molecule has 0 radical (unpaired) electrons. The van der Waals surface area contributed by atoms with Crippen molar-refractivity contribution < 1.29 is 14.6 Å². The van der Waals surface area contributed by atoms with Gasteiger partial charge >= 0.3 is 0 Å². The van der Waals surface area contributed by atoms with Crippen LogP contribution in [0.4, 0.5) is 5.69 Å². The van der Waals surface area contributed by atoms with Crippen LogP contribution < -0.4 is 10.1 Å². The van der Waals surface area contributed by atoms with Crippen molar-refractivity contribution in [2.24, 2.45) is 0 Å². The van der Waals surface area contributed by atoms with Gasteiger partial charge in [0.1, 0.15) is 0 Å². The lowest BCUT2D eigenvalue weighted by atomic mass is 10.1. The normalized spacial score (nSPS) is 10.3. The highest BCUT2D eigenvalue weighted by atomic mass is 16.5. The van der Waals surface area contributed by atoms with Gasteiger partial charge in [-0.1, -0.05) is 24.3 Å². The number of hydrogen-bond acceptors (Lipinski definition) is 4. The Kier molecular flexibility index (Phi) is 4.85. The highest BCUT2D eigenvalue weighted by Crippen LogP contribution is 2.28. The SMILES string of the molecule is COCc1ccccc1CNc1ccc(OC)c(O)c1. The molecule has 0 saturated carbocycles. The van der Waals surface area contributed by atoms with Gasteiger partial charge < -0.3 is 19.9 Å². The van der Waals surface area contributed by atoms with Crippen LogP contribution >= 0.6 is 0 Å². The molecule has 0 spiro atoms. The summed E-state index contributed by atoms with van der Waals surface area (Å²) >= 11 is 0. The smallest absolute Gasteiger partial charge is 0.160 e. The fraction of sp³-hybridized carbons (Fsp3) is 0.250. The van der Waals surface area contributed by atoms with Gasteiger partial charge in [-0.3, -0.25) is 0 Å². The fourth-order valence-electron chi connectivity index (χ4n) is 2.02. The first-order valence-corrected chi connectivity index (χ1v) is 6.41. The van der Waals surface area contributed by atoms with Crippen LogP contribution in [0.15, 0.2) is 42.5 Å². The third-order valence-electron chi connectivity index (χ3n) is 3.08. The average molecular weight is 273 g/mol. The van der Waals surface area contributed by atoms with Gasteiger partial charge in [0.05, 0.1) is 13.7 Å². The van der Waals surface area contributed by atoms with Crippen LogP contribution in [-0.2, 0) is 17.9 Å². The van der Waals surface area contributed by atoms with Crippen molar-refractivity contribution in [3.05, 3.63) is 53.6 Å². The van der Waals surface area contributed by atoms with E-state index in [9.17, 15) is 5.11 Å². The summed E-state index contributed by atoms with van der Waals surface area (Å²) in [6.45, 7) is 1.26. The molecule has 0 amide bonds. The van der Waals surface area contributed by atoms with Crippen LogP contribution in [0, 0.1) is 0 Å². The summed E-state index contributed by atoms with van der Waals surface area (Å²) in [5.41, 5.74) is 3.17. The Hall–Kier alpha value is -2.20. The maximum absolute atomic E-state index is 9.74. The molecule has 0 saturated heterocycles. The summed E-state index contributed by atoms with van der Waals surface area (Å²) in [7, 11) is 3.22. The number of hydrogen-bond donors (Lipinski definition) is 2. The number of aromatic hydroxyl groups is 1. The zero-order chi connectivity index (χ0) is 14.4. The summed E-state index contributed by atoms with van der Waals surface area (Å²) < 4.78 is 10.2. The van der Waals surface area contributed by atoms with Gasteiger partial charge in [0.25, 0.3) is 0 Å². The molecule has 0 fully saturated rings. The Labute approximate surface area is 119 Å². The molecule has 0 aliphatic carbocycles. The van der Waals surface area contributed by atoms with Crippen LogP contribution in [0.5, 0.6) is 11.5 Å². The number of phenolic OH excluding ortho intramolecular Hbond substituents is 1. The van der Waals surface area contributed by atoms with E-state index in [-0.39, 0.29) is 5.75 Å². The van der Waals surface area contributed by atoms with Crippen molar-refractivity contribution in [2.45, 2.75) is 13.2 Å². The second-order valence-electron chi connectivity index (χ2n) is 4.44. The molecule has 2 N–H and O–H groups in total. The standard InChI is InChI=1S/C16H19NO3/c1-19-11-13-6-4-3-5-12(13)10-17-14-7-8-16(20-2)15(18)9-14/h3-9,17-18H,10-11H2,1-2H3. The van der Waals surface area contributed by atoms with E-state index in [1.165, 1.54) is 12.7 Å². The lowest BCUT2D eigenvalue weighted by molar-refractivity contribution is 0.184. The minimum Gasteiger partial charge on any atom is -0.504 e. The average Bonchev–Trinajstić information content (AvgIpc) is 2.47. The van der Waals surface area contributed by atoms with E-state index >= 15 is 0 Å². The monoisotopic (exact) mass is 273 g/mol. The maximum Gasteiger partial charge on any atom is 0.160 e. The van der Waals surface area contributed by atoms with Gasteiger partial charge in [-0.2, -0.15) is 0 Å². The molecule has 0 atom stereocenters. The van der Waals surface area contributed by atoms with Crippen molar-refractivity contribution in [3.8, 4) is 11.5 Å². The van der Waals surface area contributed by atoms with Crippen molar-refractivity contribution in [1.29, 1.82) is 0 Å². The molecule has 0 unspecified atom stereocenters. The topological polar surface area (TPSA) is 50.7 Å². The van der Waals surface area contributed by atoms with E-state index in [1.54, 1.807) is 19.2 Å². The second kappa shape index (κ2) is 6.82. The zero-order valence-corrected chi connectivity index (χ0v) is 11.7. The number of anilines is 1. The van der Waals surface area contributed by atoms with E-state index < -0.39 is 0 Å². The lowest BCUT2D eigenvalue weighted by Gasteiger charge is -2.12. The lowest BCUT2D eigenvalue weighted by Crippen LogP contribution is -2.03. The van der Waals surface area contributed by atoms with Crippen LogP contribution in [0.2, 0.25) is 0 Å². The first kappa shape index (κ1) is 14.2. The molecule has 0 aromatic heterocycles. The minimum atomic E-state index is 0.127. The molecule has 4 nitrogen and oxygen atoms in total. The molecule has 0 aliphatic heterocycles. The number of benzene rings is 2. The largest absolute Gasteiger partial charge is 0.504 e. The molecule has 4 heteroatoms. The maximum atomic E-state index is 9.74. The molecule has 2 aromatic carbocycles. The van der Waals surface area contributed by atoms with E-state index in [4.69, 9.17) is 9.47 Å². The predicted molar refractivity (Wildman–Crippen MR) is 79.1 cm³/mol. The first-order chi connectivity index (χ1) is 9.74. The quantitative estimate of drug-likeness (QED) is 0.849. The van der Waals surface area contributed by atoms with Gasteiger partial charge in [0, 0.05) is 25.4 Å². The Morgan fingerprint density at radius 1 is 1.05 bits per heavy atom. The van der Waals surface area contributed by atoms with Crippen molar-refractivity contribution >= 4 is 5.69 Å². The fourth-order valence-corrected chi connectivity index (χ4v) is 2.02.